The van der Waals surface area contributed by atoms with Gasteiger partial charge in [0.05, 0.1) is 12.1 Å². The van der Waals surface area contributed by atoms with Crippen LogP contribution in [0.2, 0.25) is 5.02 Å². The number of urea groups is 1. The molecular weight excluding hydrogens is 407 g/mol. The van der Waals surface area contributed by atoms with Crippen molar-refractivity contribution in [3.63, 3.8) is 0 Å². The molecule has 2 heterocycles. The van der Waals surface area contributed by atoms with E-state index < -0.39 is 35.4 Å². The number of halogens is 4. The second kappa shape index (κ2) is 7.79. The molecule has 9 heteroatoms. The molecule has 0 spiro atoms. The number of hydrogen-bond donors (Lipinski definition) is 2. The Morgan fingerprint density at radius 2 is 1.76 bits per heavy atom. The molecule has 5 nitrogen and oxygen atoms in total. The molecule has 3 aromatic rings. The lowest BCUT2D eigenvalue weighted by atomic mass is 10.0. The van der Waals surface area contributed by atoms with E-state index in [0.29, 0.717) is 22.5 Å². The van der Waals surface area contributed by atoms with E-state index in [9.17, 15) is 22.8 Å². The third-order valence-corrected chi connectivity index (χ3v) is 5.00. The SMILES string of the molecule is C.O=C1N[C@H](Cc2c[nH]c3c(Cl)c(F)ccc23)C(=O)N1Cc1cc(F)cc(F)c1. The maximum Gasteiger partial charge on any atom is 0.325 e. The van der Waals surface area contributed by atoms with Gasteiger partial charge in [0.1, 0.15) is 28.5 Å². The van der Waals surface area contributed by atoms with E-state index in [-0.39, 0.29) is 31.0 Å². The van der Waals surface area contributed by atoms with Gasteiger partial charge in [0.15, 0.2) is 0 Å². The molecule has 4 rings (SSSR count). The number of benzene rings is 2. The Bertz CT molecular complexity index is 1100. The monoisotopic (exact) mass is 423 g/mol. The lowest BCUT2D eigenvalue weighted by Gasteiger charge is -2.13. The fourth-order valence-electron chi connectivity index (χ4n) is 3.33. The van der Waals surface area contributed by atoms with E-state index in [1.807, 2.05) is 0 Å². The fourth-order valence-corrected chi connectivity index (χ4v) is 3.55. The number of H-pyrrole nitrogens is 1. The maximum atomic E-state index is 13.6. The van der Waals surface area contributed by atoms with Gasteiger partial charge in [-0.25, -0.2) is 18.0 Å². The minimum absolute atomic E-state index is 0. The van der Waals surface area contributed by atoms with E-state index in [4.69, 9.17) is 11.6 Å². The number of carbonyl (C=O) groups is 2. The van der Waals surface area contributed by atoms with Gasteiger partial charge in [-0.05, 0) is 35.4 Å². The van der Waals surface area contributed by atoms with Crippen LogP contribution in [0.1, 0.15) is 18.6 Å². The van der Waals surface area contributed by atoms with Crippen LogP contribution in [-0.2, 0) is 17.8 Å². The number of fused-ring (bicyclic) bond motifs is 1. The molecule has 1 aliphatic heterocycles. The summed E-state index contributed by atoms with van der Waals surface area (Å²) in [5.41, 5.74) is 1.24. The summed E-state index contributed by atoms with van der Waals surface area (Å²) >= 11 is 5.93. The molecule has 0 aliphatic carbocycles. The van der Waals surface area contributed by atoms with E-state index in [1.54, 1.807) is 6.20 Å². The van der Waals surface area contributed by atoms with E-state index >= 15 is 0 Å². The molecule has 0 saturated carbocycles. The van der Waals surface area contributed by atoms with Crippen molar-refractivity contribution in [3.05, 3.63) is 70.1 Å². The lowest BCUT2D eigenvalue weighted by Crippen LogP contribution is -2.32. The van der Waals surface area contributed by atoms with Crippen LogP contribution < -0.4 is 5.32 Å². The molecule has 1 saturated heterocycles. The second-order valence-corrected chi connectivity index (χ2v) is 6.88. The van der Waals surface area contributed by atoms with E-state index in [2.05, 4.69) is 10.3 Å². The Hall–Kier alpha value is -3.00. The van der Waals surface area contributed by atoms with Crippen molar-refractivity contribution in [3.8, 4) is 0 Å². The van der Waals surface area contributed by atoms with Crippen molar-refractivity contribution in [2.24, 2.45) is 0 Å². The third-order valence-electron chi connectivity index (χ3n) is 4.63. The van der Waals surface area contributed by atoms with Crippen LogP contribution in [0.15, 0.2) is 36.5 Å². The zero-order chi connectivity index (χ0) is 20.0. The molecule has 1 aliphatic rings. The van der Waals surface area contributed by atoms with Gasteiger partial charge >= 0.3 is 6.03 Å². The van der Waals surface area contributed by atoms with Crippen LogP contribution in [-0.4, -0.2) is 27.9 Å². The highest BCUT2D eigenvalue weighted by Crippen LogP contribution is 2.29. The largest absolute Gasteiger partial charge is 0.360 e. The van der Waals surface area contributed by atoms with E-state index in [0.717, 1.165) is 17.0 Å². The molecule has 29 heavy (non-hydrogen) atoms. The summed E-state index contributed by atoms with van der Waals surface area (Å²) in [7, 11) is 0. The first-order chi connectivity index (χ1) is 13.3. The van der Waals surface area contributed by atoms with Gasteiger partial charge in [-0.1, -0.05) is 19.0 Å². The first-order valence-corrected chi connectivity index (χ1v) is 8.72. The molecule has 1 fully saturated rings. The highest BCUT2D eigenvalue weighted by Gasteiger charge is 2.38. The Kier molecular flexibility index (Phi) is 5.57. The standard InChI is InChI=1S/C19H13ClF3N3O2.CH4/c20-16-14(23)2-1-13-10(7-24-17(13)16)5-15-18(27)26(19(28)25-15)8-9-3-11(21)6-12(22)4-9;/h1-4,6-7,15,24H,5,8H2,(H,25,28);1H4/t15-;/m1./s1. The van der Waals surface area contributed by atoms with Crippen molar-refractivity contribution in [2.75, 3.05) is 0 Å². The quantitative estimate of drug-likeness (QED) is 0.605. The summed E-state index contributed by atoms with van der Waals surface area (Å²) in [6, 6.07) is 4.10. The molecular formula is C20H17ClF3N3O2. The molecule has 0 radical (unpaired) electrons. The summed E-state index contributed by atoms with van der Waals surface area (Å²) < 4.78 is 40.3. The van der Waals surface area contributed by atoms with Gasteiger partial charge in [-0.3, -0.25) is 9.69 Å². The Morgan fingerprint density at radius 1 is 1.07 bits per heavy atom. The minimum Gasteiger partial charge on any atom is -0.360 e. The van der Waals surface area contributed by atoms with Crippen molar-refractivity contribution in [1.82, 2.24) is 15.2 Å². The predicted octanol–water partition coefficient (Wildman–Crippen LogP) is 4.54. The zero-order valence-electron chi connectivity index (χ0n) is 14.2. The second-order valence-electron chi connectivity index (χ2n) is 6.51. The number of aromatic amines is 1. The Balaban J connectivity index is 0.00000240. The zero-order valence-corrected chi connectivity index (χ0v) is 15.0. The van der Waals surface area contributed by atoms with Crippen LogP contribution in [0.3, 0.4) is 0 Å². The van der Waals surface area contributed by atoms with Crippen molar-refractivity contribution in [1.29, 1.82) is 0 Å². The normalized spacial score (nSPS) is 16.3. The number of hydrogen-bond acceptors (Lipinski definition) is 2. The van der Waals surface area contributed by atoms with Crippen LogP contribution >= 0.6 is 11.6 Å². The van der Waals surface area contributed by atoms with Gasteiger partial charge in [0.25, 0.3) is 5.91 Å². The first kappa shape index (κ1) is 20.7. The maximum absolute atomic E-state index is 13.6. The molecule has 0 unspecified atom stereocenters. The van der Waals surface area contributed by atoms with Gasteiger partial charge < -0.3 is 10.3 Å². The number of nitrogens with zero attached hydrogens (tertiary/aromatic N) is 1. The van der Waals surface area contributed by atoms with Crippen molar-refractivity contribution in [2.45, 2.75) is 26.4 Å². The highest BCUT2D eigenvalue weighted by molar-refractivity contribution is 6.35. The average molecular weight is 424 g/mol. The van der Waals surface area contributed by atoms with Gasteiger partial charge in [-0.15, -0.1) is 0 Å². The Labute approximate surface area is 169 Å². The van der Waals surface area contributed by atoms with Crippen molar-refractivity contribution >= 4 is 34.4 Å². The summed E-state index contributed by atoms with van der Waals surface area (Å²) in [4.78, 5) is 28.6. The van der Waals surface area contributed by atoms with Gasteiger partial charge in [0.2, 0.25) is 0 Å². The smallest absolute Gasteiger partial charge is 0.325 e. The fraction of sp³-hybridized carbons (Fsp3) is 0.200. The predicted molar refractivity (Wildman–Crippen MR) is 103 cm³/mol. The summed E-state index contributed by atoms with van der Waals surface area (Å²) in [6.07, 6.45) is 1.75. The molecule has 2 aromatic carbocycles. The highest BCUT2D eigenvalue weighted by atomic mass is 35.5. The molecule has 2 N–H and O–H groups in total. The number of rotatable bonds is 4. The Morgan fingerprint density at radius 3 is 2.45 bits per heavy atom. The van der Waals surface area contributed by atoms with Crippen LogP contribution in [0.5, 0.6) is 0 Å². The lowest BCUT2D eigenvalue weighted by molar-refractivity contribution is -0.127. The molecule has 152 valence electrons. The summed E-state index contributed by atoms with van der Waals surface area (Å²) in [6.45, 7) is -0.249. The van der Waals surface area contributed by atoms with Crippen LogP contribution in [0, 0.1) is 17.5 Å². The van der Waals surface area contributed by atoms with Crippen LogP contribution in [0.4, 0.5) is 18.0 Å². The number of carbonyl (C=O) groups excluding carboxylic acids is 2. The van der Waals surface area contributed by atoms with Gasteiger partial charge in [-0.2, -0.15) is 0 Å². The molecule has 1 atom stereocenters. The molecule has 3 amide bonds. The van der Waals surface area contributed by atoms with Crippen LogP contribution in [0.25, 0.3) is 10.9 Å². The number of aromatic nitrogens is 1. The average Bonchev–Trinajstić information content (AvgIpc) is 3.14. The first-order valence-electron chi connectivity index (χ1n) is 8.34. The molecule has 0 bridgehead atoms. The van der Waals surface area contributed by atoms with Gasteiger partial charge in [0, 0.05) is 24.1 Å². The summed E-state index contributed by atoms with van der Waals surface area (Å²) in [5, 5.41) is 3.14. The third kappa shape index (κ3) is 3.80. The minimum atomic E-state index is -0.853. The van der Waals surface area contributed by atoms with E-state index in [1.165, 1.54) is 12.1 Å². The number of imide groups is 1. The number of amides is 3. The molecule has 1 aromatic heterocycles. The topological polar surface area (TPSA) is 65.2 Å². The number of nitrogens with one attached hydrogen (secondary N) is 2. The summed E-state index contributed by atoms with van der Waals surface area (Å²) in [5.74, 6) is -2.67. The van der Waals surface area contributed by atoms with Crippen molar-refractivity contribution < 1.29 is 22.8 Å².